The fraction of sp³-hybridized carbons (Fsp3) is 0.130. The molecule has 1 atom stereocenters. The summed E-state index contributed by atoms with van der Waals surface area (Å²) in [6.07, 6.45) is -1.33. The van der Waals surface area contributed by atoms with Gasteiger partial charge in [0.15, 0.2) is 0 Å². The van der Waals surface area contributed by atoms with Crippen LogP contribution < -0.4 is 15.2 Å². The van der Waals surface area contributed by atoms with E-state index in [1.165, 1.54) is 19.2 Å². The van der Waals surface area contributed by atoms with E-state index < -0.39 is 28.0 Å². The van der Waals surface area contributed by atoms with Crippen molar-refractivity contribution in [1.82, 2.24) is 4.72 Å². The Bertz CT molecular complexity index is 1250. The number of hydrogen-bond donors (Lipinski definition) is 2. The lowest BCUT2D eigenvalue weighted by molar-refractivity contribution is -0.127. The van der Waals surface area contributed by atoms with Crippen molar-refractivity contribution in [3.05, 3.63) is 94.5 Å². The maximum atomic E-state index is 12.9. The van der Waals surface area contributed by atoms with Crippen LogP contribution in [-0.4, -0.2) is 27.4 Å². The molecule has 0 saturated carbocycles. The van der Waals surface area contributed by atoms with Gasteiger partial charge in [0.2, 0.25) is 16.1 Å². The van der Waals surface area contributed by atoms with Crippen molar-refractivity contribution in [1.29, 1.82) is 0 Å². The number of nitrogens with two attached hydrogens (primary N) is 1. The van der Waals surface area contributed by atoms with Gasteiger partial charge in [0, 0.05) is 17.1 Å². The summed E-state index contributed by atoms with van der Waals surface area (Å²) < 4.78 is 38.8. The van der Waals surface area contributed by atoms with Crippen molar-refractivity contribution in [2.45, 2.75) is 17.5 Å². The number of amides is 1. The summed E-state index contributed by atoms with van der Waals surface area (Å²) in [5.74, 6) is -1.75. The number of sulfonamides is 1. The summed E-state index contributed by atoms with van der Waals surface area (Å²) in [6.45, 7) is -0.00487. The van der Waals surface area contributed by atoms with Gasteiger partial charge < -0.3 is 15.2 Å². The molecule has 0 aliphatic rings. The fourth-order valence-electron chi connectivity index (χ4n) is 2.97. The number of primary amides is 1. The molecule has 8 nitrogen and oxygen atoms in total. The number of methoxy groups -OCH3 is 1. The summed E-state index contributed by atoms with van der Waals surface area (Å²) in [6, 6.07) is 18.7. The summed E-state index contributed by atoms with van der Waals surface area (Å²) in [4.78, 5) is 24.3. The highest BCUT2D eigenvalue weighted by atomic mass is 35.5. The quantitative estimate of drug-likeness (QED) is 0.445. The van der Waals surface area contributed by atoms with E-state index in [0.717, 1.165) is 6.07 Å². The minimum absolute atomic E-state index is 0.00487. The van der Waals surface area contributed by atoms with Gasteiger partial charge in [0.25, 0.3) is 5.91 Å². The molecule has 0 radical (unpaired) electrons. The monoisotopic (exact) mass is 488 g/mol. The number of esters is 1. The van der Waals surface area contributed by atoms with Crippen LogP contribution in [0.25, 0.3) is 0 Å². The number of carbonyl (C=O) groups is 2. The Balaban J connectivity index is 1.85. The molecular formula is C23H21ClN2O6S. The smallest absolute Gasteiger partial charge is 0.339 e. The molecule has 10 heteroatoms. The minimum atomic E-state index is -4.07. The van der Waals surface area contributed by atoms with Gasteiger partial charge in [-0.15, -0.1) is 0 Å². The van der Waals surface area contributed by atoms with Crippen LogP contribution in [0.1, 0.15) is 27.6 Å². The normalized spacial score (nSPS) is 12.1. The van der Waals surface area contributed by atoms with Crippen molar-refractivity contribution in [3.8, 4) is 5.75 Å². The van der Waals surface area contributed by atoms with Crippen LogP contribution in [-0.2, 0) is 26.1 Å². The van der Waals surface area contributed by atoms with Gasteiger partial charge in [0.1, 0.15) is 10.6 Å². The van der Waals surface area contributed by atoms with Gasteiger partial charge in [0.05, 0.1) is 12.7 Å². The number of rotatable bonds is 9. The minimum Gasteiger partial charge on any atom is -0.495 e. The van der Waals surface area contributed by atoms with E-state index >= 15 is 0 Å². The highest BCUT2D eigenvalue weighted by molar-refractivity contribution is 7.89. The number of carbonyl (C=O) groups excluding carboxylic acids is 2. The van der Waals surface area contributed by atoms with Crippen molar-refractivity contribution >= 4 is 33.5 Å². The average Bonchev–Trinajstić information content (AvgIpc) is 2.82. The Morgan fingerprint density at radius 3 is 2.30 bits per heavy atom. The molecule has 0 spiro atoms. The van der Waals surface area contributed by atoms with Gasteiger partial charge in [-0.2, -0.15) is 0 Å². The molecule has 3 aromatic rings. The van der Waals surface area contributed by atoms with Crippen molar-refractivity contribution in [3.63, 3.8) is 0 Å². The summed E-state index contributed by atoms with van der Waals surface area (Å²) in [7, 11) is -2.76. The lowest BCUT2D eigenvalue weighted by atomic mass is 10.1. The number of nitrogens with one attached hydrogen (secondary N) is 1. The Morgan fingerprint density at radius 1 is 1.03 bits per heavy atom. The molecule has 3 aromatic carbocycles. The maximum Gasteiger partial charge on any atom is 0.339 e. The topological polar surface area (TPSA) is 125 Å². The average molecular weight is 489 g/mol. The lowest BCUT2D eigenvalue weighted by Crippen LogP contribution is -2.27. The third-order valence-electron chi connectivity index (χ3n) is 4.65. The third kappa shape index (κ3) is 6.10. The van der Waals surface area contributed by atoms with Crippen LogP contribution in [0, 0.1) is 0 Å². The van der Waals surface area contributed by atoms with E-state index in [1.807, 2.05) is 0 Å². The van der Waals surface area contributed by atoms with Crippen molar-refractivity contribution < 1.29 is 27.5 Å². The Hall–Kier alpha value is -3.40. The molecule has 1 unspecified atom stereocenters. The van der Waals surface area contributed by atoms with Crippen molar-refractivity contribution in [2.24, 2.45) is 5.73 Å². The number of ether oxygens (including phenoxy) is 2. The van der Waals surface area contributed by atoms with Crippen molar-refractivity contribution in [2.75, 3.05) is 7.11 Å². The second-order valence-corrected chi connectivity index (χ2v) is 9.09. The van der Waals surface area contributed by atoms with E-state index in [0.29, 0.717) is 16.1 Å². The largest absolute Gasteiger partial charge is 0.495 e. The second kappa shape index (κ2) is 10.5. The summed E-state index contributed by atoms with van der Waals surface area (Å²) >= 11 is 5.85. The van der Waals surface area contributed by atoms with E-state index in [9.17, 15) is 18.0 Å². The molecule has 1 amide bonds. The first-order valence-corrected chi connectivity index (χ1v) is 11.5. The predicted octanol–water partition coefficient (Wildman–Crippen LogP) is 3.21. The SMILES string of the molecule is COc1ccc(C(=O)OC(C(N)=O)c2ccccc2)cc1S(=O)(=O)NCc1ccc(Cl)cc1. The molecule has 172 valence electrons. The maximum absolute atomic E-state index is 12.9. The zero-order chi connectivity index (χ0) is 24.0. The third-order valence-corrected chi connectivity index (χ3v) is 6.33. The van der Waals surface area contributed by atoms with Gasteiger partial charge >= 0.3 is 5.97 Å². The van der Waals surface area contributed by atoms with Gasteiger partial charge in [-0.05, 0) is 35.9 Å². The lowest BCUT2D eigenvalue weighted by Gasteiger charge is -2.16. The highest BCUT2D eigenvalue weighted by Gasteiger charge is 2.26. The molecule has 0 bridgehead atoms. The van der Waals surface area contributed by atoms with Crippen LogP contribution in [0.2, 0.25) is 5.02 Å². The predicted molar refractivity (Wildman–Crippen MR) is 122 cm³/mol. The van der Waals surface area contributed by atoms with Gasteiger partial charge in [-0.25, -0.2) is 17.9 Å². The van der Waals surface area contributed by atoms with Crippen LogP contribution in [0.5, 0.6) is 5.75 Å². The van der Waals surface area contributed by atoms with Gasteiger partial charge in [-0.3, -0.25) is 4.79 Å². The molecule has 0 aliphatic heterocycles. The summed E-state index contributed by atoms with van der Waals surface area (Å²) in [5, 5.41) is 0.527. The molecule has 0 aliphatic carbocycles. The first kappa shape index (κ1) is 24.2. The standard InChI is InChI=1S/C23H21ClN2O6S/c1-31-19-12-9-17(23(28)32-21(22(25)27)16-5-3-2-4-6-16)13-20(19)33(29,30)26-14-15-7-10-18(24)11-8-15/h2-13,21,26H,14H2,1H3,(H2,25,27). The Morgan fingerprint density at radius 2 is 1.70 bits per heavy atom. The van der Waals surface area contributed by atoms with Crippen LogP contribution in [0.3, 0.4) is 0 Å². The van der Waals surface area contributed by atoms with E-state index in [2.05, 4.69) is 4.72 Å². The van der Waals surface area contributed by atoms with E-state index in [4.69, 9.17) is 26.8 Å². The van der Waals surface area contributed by atoms with Crippen LogP contribution in [0.4, 0.5) is 0 Å². The number of benzene rings is 3. The molecule has 3 N–H and O–H groups in total. The summed E-state index contributed by atoms with van der Waals surface area (Å²) in [5.41, 5.74) is 6.38. The first-order valence-electron chi connectivity index (χ1n) is 9.68. The molecule has 33 heavy (non-hydrogen) atoms. The van der Waals surface area contributed by atoms with Crippen LogP contribution in [0.15, 0.2) is 77.7 Å². The molecule has 0 aromatic heterocycles. The Kier molecular flexibility index (Phi) is 7.70. The van der Waals surface area contributed by atoms with Gasteiger partial charge in [-0.1, -0.05) is 54.1 Å². The van der Waals surface area contributed by atoms with Crippen LogP contribution >= 0.6 is 11.6 Å². The molecule has 0 saturated heterocycles. The highest BCUT2D eigenvalue weighted by Crippen LogP contribution is 2.27. The van der Waals surface area contributed by atoms with E-state index in [-0.39, 0.29) is 22.8 Å². The first-order chi connectivity index (χ1) is 15.7. The fourth-order valence-corrected chi connectivity index (χ4v) is 4.30. The second-order valence-electron chi connectivity index (χ2n) is 6.92. The molecule has 0 fully saturated rings. The van der Waals surface area contributed by atoms with E-state index in [1.54, 1.807) is 54.6 Å². The Labute approximate surface area is 196 Å². The number of halogens is 1. The number of hydrogen-bond acceptors (Lipinski definition) is 6. The molecule has 3 rings (SSSR count). The zero-order valence-electron chi connectivity index (χ0n) is 17.5. The molecule has 0 heterocycles. The molecular weight excluding hydrogens is 468 g/mol. The zero-order valence-corrected chi connectivity index (χ0v) is 19.1.